The molecule has 2 aliphatic heterocycles. The molecule has 1 aromatic heterocycles. The minimum absolute atomic E-state index is 0.0956. The minimum Gasteiger partial charge on any atom is -0.497 e. The maximum absolute atomic E-state index is 13.8. The number of hydrogen-bond acceptors (Lipinski definition) is 7. The first-order valence-electron chi connectivity index (χ1n) is 11.4. The van der Waals surface area contributed by atoms with Gasteiger partial charge in [-0.1, -0.05) is 11.6 Å². The molecular weight excluding hydrogens is 436 g/mol. The van der Waals surface area contributed by atoms with Gasteiger partial charge < -0.3 is 23.5 Å². The first-order valence-corrected chi connectivity index (χ1v) is 11.4. The summed E-state index contributed by atoms with van der Waals surface area (Å²) in [6.07, 6.45) is 0. The van der Waals surface area contributed by atoms with Crippen LogP contribution in [0.4, 0.5) is 0 Å². The summed E-state index contributed by atoms with van der Waals surface area (Å²) in [6.45, 7) is 5.99. The lowest BCUT2D eigenvalue weighted by atomic mass is 9.97. The molecule has 0 radical (unpaired) electrons. The lowest BCUT2D eigenvalue weighted by molar-refractivity contribution is 0.0314. The highest BCUT2D eigenvalue weighted by atomic mass is 16.5. The van der Waals surface area contributed by atoms with Crippen LogP contribution in [0.25, 0.3) is 11.0 Å². The predicted octanol–water partition coefficient (Wildman–Crippen LogP) is 3.00. The predicted molar refractivity (Wildman–Crippen MR) is 127 cm³/mol. The summed E-state index contributed by atoms with van der Waals surface area (Å²) in [5.41, 5.74) is 2.20. The molecule has 0 aliphatic carbocycles. The van der Waals surface area contributed by atoms with Gasteiger partial charge in [0.05, 0.1) is 44.4 Å². The number of carbonyl (C=O) groups is 1. The van der Waals surface area contributed by atoms with Crippen molar-refractivity contribution in [2.45, 2.75) is 13.0 Å². The average Bonchev–Trinajstić information content (AvgIpc) is 3.15. The van der Waals surface area contributed by atoms with Gasteiger partial charge in [-0.25, -0.2) is 0 Å². The van der Waals surface area contributed by atoms with E-state index in [0.29, 0.717) is 59.9 Å². The normalized spacial score (nSPS) is 18.4. The Hall–Kier alpha value is -3.36. The third-order valence-corrected chi connectivity index (χ3v) is 6.61. The fraction of sp³-hybridized carbons (Fsp3) is 0.385. The highest BCUT2D eigenvalue weighted by Crippen LogP contribution is 2.42. The lowest BCUT2D eigenvalue weighted by Crippen LogP contribution is -2.42. The topological polar surface area (TPSA) is 81.5 Å². The molecule has 178 valence electrons. The zero-order valence-corrected chi connectivity index (χ0v) is 19.6. The van der Waals surface area contributed by atoms with Crippen LogP contribution in [0.5, 0.6) is 11.5 Å². The molecule has 2 aromatic carbocycles. The quantitative estimate of drug-likeness (QED) is 0.555. The van der Waals surface area contributed by atoms with Crippen molar-refractivity contribution >= 4 is 16.9 Å². The Morgan fingerprint density at radius 3 is 2.53 bits per heavy atom. The van der Waals surface area contributed by atoms with Crippen LogP contribution < -0.4 is 14.9 Å². The number of hydrogen-bond donors (Lipinski definition) is 0. The fourth-order valence-corrected chi connectivity index (χ4v) is 4.82. The second-order valence-corrected chi connectivity index (χ2v) is 8.64. The molecule has 8 heteroatoms. The van der Waals surface area contributed by atoms with Crippen molar-refractivity contribution in [3.8, 4) is 11.5 Å². The van der Waals surface area contributed by atoms with Gasteiger partial charge in [0.1, 0.15) is 17.1 Å². The first kappa shape index (κ1) is 22.4. The monoisotopic (exact) mass is 464 g/mol. The molecule has 0 saturated carbocycles. The molecule has 2 aliphatic rings. The third kappa shape index (κ3) is 3.82. The molecule has 5 rings (SSSR count). The lowest BCUT2D eigenvalue weighted by Gasteiger charge is -2.31. The number of carbonyl (C=O) groups excluding carboxylic acids is 1. The number of benzene rings is 2. The van der Waals surface area contributed by atoms with Gasteiger partial charge in [-0.3, -0.25) is 14.5 Å². The molecule has 1 fully saturated rings. The molecule has 1 saturated heterocycles. The third-order valence-electron chi connectivity index (χ3n) is 6.61. The van der Waals surface area contributed by atoms with E-state index in [0.717, 1.165) is 18.7 Å². The smallest absolute Gasteiger partial charge is 0.290 e. The number of methoxy groups -OCH3 is 2. The Bertz CT molecular complexity index is 1290. The highest BCUT2D eigenvalue weighted by molar-refractivity contribution is 5.99. The van der Waals surface area contributed by atoms with Crippen LogP contribution in [0.1, 0.15) is 33.3 Å². The van der Waals surface area contributed by atoms with E-state index in [2.05, 4.69) is 4.90 Å². The van der Waals surface area contributed by atoms with Gasteiger partial charge in [0.15, 0.2) is 5.43 Å². The molecule has 0 spiro atoms. The van der Waals surface area contributed by atoms with Gasteiger partial charge in [-0.2, -0.15) is 0 Å². The average molecular weight is 465 g/mol. The zero-order valence-electron chi connectivity index (χ0n) is 19.6. The Kier molecular flexibility index (Phi) is 6.02. The Balaban J connectivity index is 1.66. The maximum Gasteiger partial charge on any atom is 0.290 e. The second kappa shape index (κ2) is 9.12. The molecule has 8 nitrogen and oxygen atoms in total. The summed E-state index contributed by atoms with van der Waals surface area (Å²) in [4.78, 5) is 31.4. The van der Waals surface area contributed by atoms with Gasteiger partial charge in [0.2, 0.25) is 5.76 Å². The number of amides is 1. The summed E-state index contributed by atoms with van der Waals surface area (Å²) in [5.74, 6) is 0.994. The first-order chi connectivity index (χ1) is 16.5. The molecule has 0 bridgehead atoms. The van der Waals surface area contributed by atoms with Crippen molar-refractivity contribution in [1.82, 2.24) is 9.80 Å². The van der Waals surface area contributed by atoms with Crippen LogP contribution in [0, 0.1) is 6.92 Å². The van der Waals surface area contributed by atoms with Crippen molar-refractivity contribution < 1.29 is 23.4 Å². The van der Waals surface area contributed by atoms with Crippen LogP contribution in [-0.2, 0) is 4.74 Å². The van der Waals surface area contributed by atoms with E-state index in [9.17, 15) is 9.59 Å². The highest BCUT2D eigenvalue weighted by Gasteiger charge is 2.44. The molecule has 0 N–H and O–H groups in total. The standard InChI is InChI=1S/C26H28N2O6/c1-16-4-6-21-19(14-16)24(29)22-23(18-15-17(31-2)5-7-20(18)32-3)28(26(30)25(22)34-21)9-8-27-10-12-33-13-11-27/h4-7,14-15,23H,8-13H2,1-3H3/t23-/m1/s1. The van der Waals surface area contributed by atoms with E-state index >= 15 is 0 Å². The number of fused-ring (bicyclic) bond motifs is 2. The van der Waals surface area contributed by atoms with Gasteiger partial charge in [0, 0.05) is 31.7 Å². The Morgan fingerprint density at radius 1 is 1.00 bits per heavy atom. The van der Waals surface area contributed by atoms with E-state index in [1.165, 1.54) is 0 Å². The zero-order chi connectivity index (χ0) is 23.8. The molecular formula is C26H28N2O6. The number of aryl methyl sites for hydroxylation is 1. The minimum atomic E-state index is -0.644. The number of rotatable bonds is 6. The van der Waals surface area contributed by atoms with Crippen molar-refractivity contribution in [2.75, 3.05) is 53.6 Å². The summed E-state index contributed by atoms with van der Waals surface area (Å²) >= 11 is 0. The summed E-state index contributed by atoms with van der Waals surface area (Å²) < 4.78 is 22.6. The summed E-state index contributed by atoms with van der Waals surface area (Å²) in [7, 11) is 3.16. The summed E-state index contributed by atoms with van der Waals surface area (Å²) in [5, 5.41) is 0.466. The molecule has 3 heterocycles. The van der Waals surface area contributed by atoms with Crippen LogP contribution in [-0.4, -0.2) is 69.3 Å². The molecule has 1 amide bonds. The summed E-state index contributed by atoms with van der Waals surface area (Å²) in [6, 6.07) is 10.2. The van der Waals surface area contributed by atoms with E-state index in [4.69, 9.17) is 18.6 Å². The number of ether oxygens (including phenoxy) is 3. The largest absolute Gasteiger partial charge is 0.497 e. The van der Waals surface area contributed by atoms with Crippen molar-refractivity contribution in [3.05, 3.63) is 69.1 Å². The number of nitrogens with zero attached hydrogens (tertiary/aromatic N) is 2. The van der Waals surface area contributed by atoms with Gasteiger partial charge >= 0.3 is 0 Å². The van der Waals surface area contributed by atoms with Gasteiger partial charge in [-0.15, -0.1) is 0 Å². The van der Waals surface area contributed by atoms with Crippen LogP contribution in [0.15, 0.2) is 45.6 Å². The Labute approximate surface area is 197 Å². The molecule has 1 atom stereocenters. The molecule has 3 aromatic rings. The van der Waals surface area contributed by atoms with E-state index < -0.39 is 6.04 Å². The van der Waals surface area contributed by atoms with E-state index in [1.807, 2.05) is 25.1 Å². The second-order valence-electron chi connectivity index (χ2n) is 8.64. The van der Waals surface area contributed by atoms with Crippen molar-refractivity contribution in [3.63, 3.8) is 0 Å². The fourth-order valence-electron chi connectivity index (χ4n) is 4.82. The van der Waals surface area contributed by atoms with Crippen molar-refractivity contribution in [2.24, 2.45) is 0 Å². The van der Waals surface area contributed by atoms with Crippen LogP contribution >= 0.6 is 0 Å². The Morgan fingerprint density at radius 2 is 1.79 bits per heavy atom. The van der Waals surface area contributed by atoms with Crippen molar-refractivity contribution in [1.29, 1.82) is 0 Å². The van der Waals surface area contributed by atoms with E-state index in [1.54, 1.807) is 37.3 Å². The van der Waals surface area contributed by atoms with Crippen LogP contribution in [0.3, 0.4) is 0 Å². The maximum atomic E-state index is 13.8. The van der Waals surface area contributed by atoms with E-state index in [-0.39, 0.29) is 17.1 Å². The van der Waals surface area contributed by atoms with Crippen LogP contribution in [0.2, 0.25) is 0 Å². The van der Waals surface area contributed by atoms with Gasteiger partial charge in [-0.05, 0) is 37.3 Å². The molecule has 0 unspecified atom stereocenters. The SMILES string of the molecule is COc1ccc(OC)c([C@@H]2c3c(oc4ccc(C)cc4c3=O)C(=O)N2CCN2CCOCC2)c1. The molecule has 34 heavy (non-hydrogen) atoms. The van der Waals surface area contributed by atoms with Gasteiger partial charge in [0.25, 0.3) is 5.91 Å². The number of morpholine rings is 1.